The van der Waals surface area contributed by atoms with Crippen molar-refractivity contribution in [1.29, 1.82) is 0 Å². The Labute approximate surface area is 151 Å². The van der Waals surface area contributed by atoms with E-state index in [2.05, 4.69) is 39.8 Å². The van der Waals surface area contributed by atoms with Gasteiger partial charge in [-0.15, -0.1) is 0 Å². The fourth-order valence-corrected chi connectivity index (χ4v) is 2.73. The average Bonchev–Trinajstić information content (AvgIpc) is 2.53. The monoisotopic (exact) mass is 340 g/mol. The molecule has 3 heteroatoms. The molecule has 0 saturated heterocycles. The lowest BCUT2D eigenvalue weighted by molar-refractivity contribution is -0.131. The van der Waals surface area contributed by atoms with E-state index < -0.39 is 5.97 Å². The second-order valence-corrected chi connectivity index (χ2v) is 6.28. The normalized spacial score (nSPS) is 13.1. The highest BCUT2D eigenvalue weighted by Crippen LogP contribution is 2.33. The first-order chi connectivity index (χ1) is 11.7. The summed E-state index contributed by atoms with van der Waals surface area (Å²) in [5, 5.41) is 8.69. The minimum absolute atomic E-state index is 0.702. The molecule has 3 nitrogen and oxygen atoms in total. The topological polar surface area (TPSA) is 46.5 Å². The minimum Gasteiger partial charge on any atom is -0.496 e. The third-order valence-electron chi connectivity index (χ3n) is 4.40. The molecule has 0 spiro atoms. The van der Waals surface area contributed by atoms with E-state index in [1.54, 1.807) is 20.1 Å². The van der Waals surface area contributed by atoms with Gasteiger partial charge in [0.1, 0.15) is 5.75 Å². The molecular formula is C22H28O3. The first-order valence-corrected chi connectivity index (χ1v) is 8.27. The molecule has 1 rings (SSSR count). The highest BCUT2D eigenvalue weighted by Gasteiger charge is 2.13. The van der Waals surface area contributed by atoms with Crippen LogP contribution in [-0.4, -0.2) is 18.2 Å². The summed E-state index contributed by atoms with van der Waals surface area (Å²) in [5.74, 6) is 0.0296. The second kappa shape index (κ2) is 9.07. The summed E-state index contributed by atoms with van der Waals surface area (Å²) < 4.78 is 5.53. The van der Waals surface area contributed by atoms with Crippen LogP contribution in [0.25, 0.3) is 6.08 Å². The standard InChI is InChI=1S/C22H28O3/c1-14(9-8-10-15(2)13-21(23)24)11-12-20-16(3)18(5)22(25-7)19(6)17(20)4/h8-13H,1-7H3,(H,23,24). The van der Waals surface area contributed by atoms with Gasteiger partial charge in [0.15, 0.2) is 0 Å². The molecule has 1 aromatic carbocycles. The molecule has 0 aromatic heterocycles. The van der Waals surface area contributed by atoms with Crippen molar-refractivity contribution in [2.75, 3.05) is 7.11 Å². The Balaban J connectivity index is 3.08. The predicted octanol–water partition coefficient (Wildman–Crippen LogP) is 5.48. The maximum atomic E-state index is 10.6. The van der Waals surface area contributed by atoms with Crippen molar-refractivity contribution in [3.8, 4) is 5.75 Å². The summed E-state index contributed by atoms with van der Waals surface area (Å²) in [7, 11) is 1.71. The van der Waals surface area contributed by atoms with Gasteiger partial charge in [0, 0.05) is 6.08 Å². The summed E-state index contributed by atoms with van der Waals surface area (Å²) in [5.41, 5.74) is 7.79. The molecule has 0 aliphatic carbocycles. The zero-order valence-corrected chi connectivity index (χ0v) is 16.2. The van der Waals surface area contributed by atoms with Gasteiger partial charge >= 0.3 is 5.97 Å². The molecule has 0 heterocycles. The number of carbonyl (C=O) groups is 1. The second-order valence-electron chi connectivity index (χ2n) is 6.28. The molecule has 25 heavy (non-hydrogen) atoms. The van der Waals surface area contributed by atoms with Crippen LogP contribution in [0.5, 0.6) is 5.75 Å². The number of allylic oxidation sites excluding steroid dienone is 6. The van der Waals surface area contributed by atoms with Crippen LogP contribution >= 0.6 is 0 Å². The van der Waals surface area contributed by atoms with E-state index in [0.717, 1.165) is 11.3 Å². The summed E-state index contributed by atoms with van der Waals surface area (Å²) in [4.78, 5) is 10.6. The summed E-state index contributed by atoms with van der Waals surface area (Å²) >= 11 is 0. The Hall–Kier alpha value is -2.55. The largest absolute Gasteiger partial charge is 0.496 e. The first kappa shape index (κ1) is 20.5. The zero-order chi connectivity index (χ0) is 19.1. The number of methoxy groups -OCH3 is 1. The van der Waals surface area contributed by atoms with Crippen molar-refractivity contribution in [2.45, 2.75) is 41.5 Å². The minimum atomic E-state index is -0.932. The quantitative estimate of drug-likeness (QED) is 0.551. The van der Waals surface area contributed by atoms with Crippen LogP contribution in [0.1, 0.15) is 41.7 Å². The van der Waals surface area contributed by atoms with Crippen LogP contribution in [0, 0.1) is 27.7 Å². The van der Waals surface area contributed by atoms with Gasteiger partial charge in [-0.05, 0) is 74.9 Å². The fraction of sp³-hybridized carbons (Fsp3) is 0.318. The van der Waals surface area contributed by atoms with Gasteiger partial charge in [-0.1, -0.05) is 36.0 Å². The molecule has 0 aliphatic rings. The van der Waals surface area contributed by atoms with Crippen LogP contribution < -0.4 is 4.74 Å². The number of carboxylic acids is 1. The molecule has 0 bridgehead atoms. The zero-order valence-electron chi connectivity index (χ0n) is 16.2. The molecule has 0 saturated carbocycles. The molecule has 0 fully saturated rings. The molecule has 0 atom stereocenters. The van der Waals surface area contributed by atoms with Gasteiger partial charge in [-0.2, -0.15) is 0 Å². The molecule has 1 N–H and O–H groups in total. The van der Waals surface area contributed by atoms with Crippen LogP contribution in [0.15, 0.2) is 41.5 Å². The maximum absolute atomic E-state index is 10.6. The molecule has 0 amide bonds. The molecule has 0 aliphatic heterocycles. The summed E-state index contributed by atoms with van der Waals surface area (Å²) in [6.45, 7) is 12.2. The van der Waals surface area contributed by atoms with E-state index in [9.17, 15) is 4.79 Å². The van der Waals surface area contributed by atoms with Gasteiger partial charge in [0.2, 0.25) is 0 Å². The summed E-state index contributed by atoms with van der Waals surface area (Å²) in [6.07, 6.45) is 11.0. The molecule has 1 aromatic rings. The molecule has 0 unspecified atom stereocenters. The van der Waals surface area contributed by atoms with Crippen LogP contribution in [-0.2, 0) is 4.79 Å². The van der Waals surface area contributed by atoms with E-state index in [0.29, 0.717) is 5.57 Å². The Bertz CT molecular complexity index is 746. The average molecular weight is 340 g/mol. The lowest BCUT2D eigenvalue weighted by Gasteiger charge is -2.17. The van der Waals surface area contributed by atoms with E-state index >= 15 is 0 Å². The Morgan fingerprint density at radius 1 is 0.920 bits per heavy atom. The van der Waals surface area contributed by atoms with Crippen molar-refractivity contribution in [1.82, 2.24) is 0 Å². The Morgan fingerprint density at radius 2 is 1.48 bits per heavy atom. The van der Waals surface area contributed by atoms with Gasteiger partial charge in [0.05, 0.1) is 7.11 Å². The highest BCUT2D eigenvalue weighted by atomic mass is 16.5. The molecule has 134 valence electrons. The predicted molar refractivity (Wildman–Crippen MR) is 105 cm³/mol. The van der Waals surface area contributed by atoms with Gasteiger partial charge in [-0.3, -0.25) is 0 Å². The Kier molecular flexibility index (Phi) is 7.43. The SMILES string of the molecule is COc1c(C)c(C)c(C=CC(C)=CC=CC(C)=CC(=O)O)c(C)c1C. The maximum Gasteiger partial charge on any atom is 0.328 e. The number of benzene rings is 1. The van der Waals surface area contributed by atoms with Crippen molar-refractivity contribution < 1.29 is 14.6 Å². The Morgan fingerprint density at radius 3 is 1.96 bits per heavy atom. The van der Waals surface area contributed by atoms with E-state index in [-0.39, 0.29) is 0 Å². The number of carboxylic acid groups (broad SMARTS) is 1. The first-order valence-electron chi connectivity index (χ1n) is 8.27. The van der Waals surface area contributed by atoms with Crippen molar-refractivity contribution in [3.05, 3.63) is 69.3 Å². The van der Waals surface area contributed by atoms with Gasteiger partial charge in [0.25, 0.3) is 0 Å². The highest BCUT2D eigenvalue weighted by molar-refractivity contribution is 5.81. The number of rotatable bonds is 6. The summed E-state index contributed by atoms with van der Waals surface area (Å²) in [6, 6.07) is 0. The van der Waals surface area contributed by atoms with Crippen molar-refractivity contribution >= 4 is 12.0 Å². The van der Waals surface area contributed by atoms with Gasteiger partial charge in [-0.25, -0.2) is 4.79 Å². The smallest absolute Gasteiger partial charge is 0.328 e. The van der Waals surface area contributed by atoms with Gasteiger partial charge < -0.3 is 9.84 Å². The third kappa shape index (κ3) is 5.49. The third-order valence-corrected chi connectivity index (χ3v) is 4.40. The number of hydrogen-bond acceptors (Lipinski definition) is 2. The van der Waals surface area contributed by atoms with Crippen molar-refractivity contribution in [3.63, 3.8) is 0 Å². The van der Waals surface area contributed by atoms with Crippen LogP contribution in [0.4, 0.5) is 0 Å². The van der Waals surface area contributed by atoms with Crippen molar-refractivity contribution in [2.24, 2.45) is 0 Å². The van der Waals surface area contributed by atoms with E-state index in [1.807, 2.05) is 19.1 Å². The van der Waals surface area contributed by atoms with E-state index in [1.165, 1.54) is 33.9 Å². The van der Waals surface area contributed by atoms with E-state index in [4.69, 9.17) is 9.84 Å². The number of hydrogen-bond donors (Lipinski definition) is 1. The fourth-order valence-electron chi connectivity index (χ4n) is 2.73. The number of ether oxygens (including phenoxy) is 1. The molecule has 0 radical (unpaired) electrons. The lowest BCUT2D eigenvalue weighted by atomic mass is 9.92. The molecular weight excluding hydrogens is 312 g/mol. The van der Waals surface area contributed by atoms with Crippen LogP contribution in [0.2, 0.25) is 0 Å². The van der Waals surface area contributed by atoms with Crippen LogP contribution in [0.3, 0.4) is 0 Å². The number of aliphatic carboxylic acids is 1. The lowest BCUT2D eigenvalue weighted by Crippen LogP contribution is -2.00.